The number of Topliss-reactive ketones (excluding diaryl/α,β-unsaturated/α-hetero) is 1. The van der Waals surface area contributed by atoms with E-state index in [9.17, 15) is 26.8 Å². The van der Waals surface area contributed by atoms with Crippen molar-refractivity contribution in [2.45, 2.75) is 17.7 Å². The van der Waals surface area contributed by atoms with Crippen LogP contribution in [0.1, 0.15) is 33.6 Å². The normalized spacial score (nSPS) is 14.6. The number of anilines is 1. The van der Waals surface area contributed by atoms with Crippen LogP contribution in [0.15, 0.2) is 77.7 Å². The summed E-state index contributed by atoms with van der Waals surface area (Å²) in [5.74, 6) is -2.70. The van der Waals surface area contributed by atoms with E-state index in [1.54, 1.807) is 35.2 Å². The first-order valence-corrected chi connectivity index (χ1v) is 12.2. The van der Waals surface area contributed by atoms with E-state index in [1.165, 1.54) is 24.3 Å². The van der Waals surface area contributed by atoms with Gasteiger partial charge in [-0.15, -0.1) is 0 Å². The van der Waals surface area contributed by atoms with E-state index in [2.05, 4.69) is 4.72 Å². The number of nitrogens with one attached hydrogen (secondary N) is 1. The van der Waals surface area contributed by atoms with Crippen LogP contribution in [0, 0.1) is 17.6 Å². The summed E-state index contributed by atoms with van der Waals surface area (Å²) in [6.45, 7) is 0.559. The van der Waals surface area contributed by atoms with Crippen molar-refractivity contribution in [3.63, 3.8) is 0 Å². The Balaban J connectivity index is 1.38. The molecule has 0 unspecified atom stereocenters. The van der Waals surface area contributed by atoms with Gasteiger partial charge in [-0.3, -0.25) is 14.3 Å². The van der Waals surface area contributed by atoms with Crippen molar-refractivity contribution in [3.05, 3.63) is 95.6 Å². The van der Waals surface area contributed by atoms with Gasteiger partial charge in [0.15, 0.2) is 5.78 Å². The van der Waals surface area contributed by atoms with Gasteiger partial charge in [0.05, 0.1) is 10.5 Å². The molecule has 0 bridgehead atoms. The second-order valence-corrected chi connectivity index (χ2v) is 9.73. The second-order valence-electron chi connectivity index (χ2n) is 8.05. The molecule has 1 heterocycles. The zero-order chi connectivity index (χ0) is 24.3. The smallest absolute Gasteiger partial charge is 0.261 e. The molecule has 1 aliphatic heterocycles. The van der Waals surface area contributed by atoms with Crippen molar-refractivity contribution in [1.29, 1.82) is 0 Å². The van der Waals surface area contributed by atoms with Crippen LogP contribution in [0.5, 0.6) is 0 Å². The summed E-state index contributed by atoms with van der Waals surface area (Å²) in [6, 6.07) is 16.9. The number of nitrogens with zero attached hydrogens (tertiary/aromatic N) is 1. The Kier molecular flexibility index (Phi) is 6.74. The number of carbonyl (C=O) groups is 2. The number of likely N-dealkylation sites (tertiary alicyclic amines) is 1. The summed E-state index contributed by atoms with van der Waals surface area (Å²) in [5.41, 5.74) is 0.475. The molecule has 1 amide bonds. The van der Waals surface area contributed by atoms with Crippen LogP contribution in [0.2, 0.25) is 0 Å². The van der Waals surface area contributed by atoms with Crippen LogP contribution in [-0.4, -0.2) is 38.1 Å². The molecule has 4 rings (SSSR count). The Hall–Kier alpha value is -3.59. The lowest BCUT2D eigenvalue weighted by molar-refractivity contribution is 0.0649. The second kappa shape index (κ2) is 9.72. The lowest BCUT2D eigenvalue weighted by Crippen LogP contribution is -2.40. The summed E-state index contributed by atoms with van der Waals surface area (Å²) < 4.78 is 55.0. The first-order chi connectivity index (χ1) is 16.2. The van der Waals surface area contributed by atoms with Gasteiger partial charge in [-0.05, 0) is 67.4 Å². The quantitative estimate of drug-likeness (QED) is 0.522. The van der Waals surface area contributed by atoms with Crippen molar-refractivity contribution in [2.24, 2.45) is 5.92 Å². The van der Waals surface area contributed by atoms with Crippen LogP contribution in [0.3, 0.4) is 0 Å². The Morgan fingerprint density at radius 2 is 1.53 bits per heavy atom. The number of halogens is 2. The molecule has 0 aromatic heterocycles. The number of amides is 1. The molecule has 6 nitrogen and oxygen atoms in total. The van der Waals surface area contributed by atoms with E-state index in [4.69, 9.17) is 0 Å². The monoisotopic (exact) mass is 484 g/mol. The molecule has 0 saturated carbocycles. The number of benzene rings is 3. The van der Waals surface area contributed by atoms with Crippen LogP contribution in [0.4, 0.5) is 14.5 Å². The minimum Gasteiger partial charge on any atom is -0.339 e. The van der Waals surface area contributed by atoms with Gasteiger partial charge in [-0.25, -0.2) is 17.2 Å². The van der Waals surface area contributed by atoms with Gasteiger partial charge in [-0.1, -0.05) is 18.2 Å². The highest BCUT2D eigenvalue weighted by atomic mass is 32.2. The maximum Gasteiger partial charge on any atom is 0.261 e. The van der Waals surface area contributed by atoms with Crippen molar-refractivity contribution < 1.29 is 26.8 Å². The van der Waals surface area contributed by atoms with Crippen molar-refractivity contribution in [3.8, 4) is 0 Å². The van der Waals surface area contributed by atoms with Crippen molar-refractivity contribution in [2.75, 3.05) is 17.8 Å². The largest absolute Gasteiger partial charge is 0.339 e. The summed E-state index contributed by atoms with van der Waals surface area (Å²) in [6.07, 6.45) is 0.655. The van der Waals surface area contributed by atoms with E-state index in [-0.39, 0.29) is 29.5 Å². The fourth-order valence-corrected chi connectivity index (χ4v) is 4.99. The minimum atomic E-state index is -3.80. The molecule has 3 aromatic rings. The molecule has 9 heteroatoms. The highest BCUT2D eigenvalue weighted by molar-refractivity contribution is 7.92. The molecule has 3 aromatic carbocycles. The zero-order valence-corrected chi connectivity index (χ0v) is 18.9. The van der Waals surface area contributed by atoms with Gasteiger partial charge >= 0.3 is 0 Å². The highest BCUT2D eigenvalue weighted by Crippen LogP contribution is 2.25. The van der Waals surface area contributed by atoms with Crippen LogP contribution < -0.4 is 4.72 Å². The van der Waals surface area contributed by atoms with Gasteiger partial charge in [0, 0.05) is 30.3 Å². The molecule has 34 heavy (non-hydrogen) atoms. The van der Waals surface area contributed by atoms with Gasteiger partial charge < -0.3 is 4.90 Å². The molecule has 176 valence electrons. The number of sulfonamides is 1. The highest BCUT2D eigenvalue weighted by Gasteiger charge is 2.30. The van der Waals surface area contributed by atoms with E-state index in [0.29, 0.717) is 24.1 Å². The summed E-state index contributed by atoms with van der Waals surface area (Å²) >= 11 is 0. The Labute approximate surface area is 196 Å². The fourth-order valence-electron chi connectivity index (χ4n) is 3.93. The summed E-state index contributed by atoms with van der Waals surface area (Å²) in [4.78, 5) is 27.1. The van der Waals surface area contributed by atoms with Gasteiger partial charge in [0.2, 0.25) is 0 Å². The lowest BCUT2D eigenvalue weighted by atomic mass is 9.88. The lowest BCUT2D eigenvalue weighted by Gasteiger charge is -2.31. The number of rotatable bonds is 6. The fraction of sp³-hybridized carbons (Fsp3) is 0.200. The molecule has 0 aliphatic carbocycles. The standard InChI is InChI=1S/C25H22F2N2O4S/c26-19-8-11-23(27)22(16-19)24(30)17-12-14-29(15-13-17)25(31)18-6-9-21(10-7-18)34(32,33)28-20-4-2-1-3-5-20/h1-11,16-17,28H,12-15H2. The molecule has 1 aliphatic rings. The van der Waals surface area contributed by atoms with Crippen molar-refractivity contribution >= 4 is 27.4 Å². The first kappa shape index (κ1) is 23.6. The minimum absolute atomic E-state index is 0.0225. The average molecular weight is 485 g/mol. The maximum atomic E-state index is 13.9. The van der Waals surface area contributed by atoms with E-state index in [1.807, 2.05) is 0 Å². The first-order valence-electron chi connectivity index (χ1n) is 10.7. The van der Waals surface area contributed by atoms with Crippen molar-refractivity contribution in [1.82, 2.24) is 4.90 Å². The molecular formula is C25H22F2N2O4S. The Morgan fingerprint density at radius 3 is 2.18 bits per heavy atom. The summed E-state index contributed by atoms with van der Waals surface area (Å²) in [7, 11) is -3.80. The van der Waals surface area contributed by atoms with E-state index >= 15 is 0 Å². The molecule has 0 atom stereocenters. The number of hydrogen-bond acceptors (Lipinski definition) is 4. The average Bonchev–Trinajstić information content (AvgIpc) is 2.85. The number of carbonyl (C=O) groups excluding carboxylic acids is 2. The predicted molar refractivity (Wildman–Crippen MR) is 123 cm³/mol. The number of piperidine rings is 1. The third-order valence-corrected chi connectivity index (χ3v) is 7.18. The third-order valence-electron chi connectivity index (χ3n) is 5.78. The molecule has 1 fully saturated rings. The SMILES string of the molecule is O=C(c1cc(F)ccc1F)C1CCN(C(=O)c2ccc(S(=O)(=O)Nc3ccccc3)cc2)CC1. The van der Waals surface area contributed by atoms with Crippen LogP contribution in [-0.2, 0) is 10.0 Å². The number of hydrogen-bond donors (Lipinski definition) is 1. The number of ketones is 1. The molecular weight excluding hydrogens is 462 g/mol. The third kappa shape index (κ3) is 5.14. The number of para-hydroxylation sites is 1. The molecule has 0 spiro atoms. The predicted octanol–water partition coefficient (Wildman–Crippen LogP) is 4.50. The molecule has 1 N–H and O–H groups in total. The Bertz CT molecular complexity index is 1300. The van der Waals surface area contributed by atoms with Gasteiger partial charge in [0.1, 0.15) is 11.6 Å². The Morgan fingerprint density at radius 1 is 0.882 bits per heavy atom. The maximum absolute atomic E-state index is 13.9. The zero-order valence-electron chi connectivity index (χ0n) is 18.1. The molecule has 1 saturated heterocycles. The topological polar surface area (TPSA) is 83.6 Å². The van der Waals surface area contributed by atoms with Crippen LogP contribution >= 0.6 is 0 Å². The van der Waals surface area contributed by atoms with E-state index < -0.39 is 33.4 Å². The summed E-state index contributed by atoms with van der Waals surface area (Å²) in [5, 5.41) is 0. The van der Waals surface area contributed by atoms with Crippen LogP contribution in [0.25, 0.3) is 0 Å². The van der Waals surface area contributed by atoms with Gasteiger partial charge in [-0.2, -0.15) is 0 Å². The molecule has 0 radical (unpaired) electrons. The van der Waals surface area contributed by atoms with Gasteiger partial charge in [0.25, 0.3) is 15.9 Å². The van der Waals surface area contributed by atoms with E-state index in [0.717, 1.165) is 18.2 Å².